The predicted molar refractivity (Wildman–Crippen MR) is 64.6 cm³/mol. The molecule has 3 nitrogen and oxygen atoms in total. The highest BCUT2D eigenvalue weighted by molar-refractivity contribution is 9.09. The lowest BCUT2D eigenvalue weighted by molar-refractivity contribution is 0.107. The number of halogens is 2. The van der Waals surface area contributed by atoms with Crippen molar-refractivity contribution in [1.82, 2.24) is 9.78 Å². The van der Waals surface area contributed by atoms with Crippen molar-refractivity contribution in [2.45, 2.75) is 26.3 Å². The molecular weight excluding hydrogens is 279 g/mol. The Kier molecular flexibility index (Phi) is 5.32. The number of hydrogen-bond acceptors (Lipinski definition) is 2. The third-order valence-electron chi connectivity index (χ3n) is 2.13. The minimum Gasteiger partial charge on any atom is -0.274 e. The number of nitrogens with zero attached hydrogens (tertiary/aromatic N) is 2. The summed E-state index contributed by atoms with van der Waals surface area (Å²) in [6.45, 7) is 2.57. The molecule has 0 amide bonds. The van der Waals surface area contributed by atoms with Crippen molar-refractivity contribution in [1.29, 1.82) is 0 Å². The van der Waals surface area contributed by atoms with Crippen molar-refractivity contribution >= 4 is 32.8 Å². The highest BCUT2D eigenvalue weighted by Crippen LogP contribution is 2.30. The summed E-state index contributed by atoms with van der Waals surface area (Å²) < 4.78 is 1.55. The zero-order valence-electron chi connectivity index (χ0n) is 8.62. The molecule has 0 aliphatic heterocycles. The molecule has 84 valence electrons. The molecule has 1 saturated carbocycles. The Bertz CT molecular complexity index is 323. The fourth-order valence-electron chi connectivity index (χ4n) is 1.02. The van der Waals surface area contributed by atoms with E-state index in [1.807, 2.05) is 6.92 Å². The average molecular weight is 294 g/mol. The van der Waals surface area contributed by atoms with Crippen LogP contribution < -0.4 is 0 Å². The van der Waals surface area contributed by atoms with E-state index in [9.17, 15) is 4.79 Å². The first-order valence-corrected chi connectivity index (χ1v) is 6.46. The van der Waals surface area contributed by atoms with Crippen molar-refractivity contribution in [3.8, 4) is 0 Å². The van der Waals surface area contributed by atoms with E-state index in [1.54, 1.807) is 16.9 Å². The molecule has 0 N–H and O–H groups in total. The van der Waals surface area contributed by atoms with Gasteiger partial charge in [0.05, 0.1) is 0 Å². The Morgan fingerprint density at radius 1 is 1.73 bits per heavy atom. The first kappa shape index (κ1) is 12.7. The van der Waals surface area contributed by atoms with Gasteiger partial charge in [-0.05, 0) is 43.4 Å². The maximum atomic E-state index is 10.6. The maximum Gasteiger partial charge on any atom is 0.270 e. The second kappa shape index (κ2) is 6.28. The normalized spacial score (nSPS) is 14.3. The standard InChI is InChI=1S/C6H7ClN2O.C4H7Br/c1-2-9-5(6(7)10)3-4-8-9;5-3-4-1-2-4/h3-4H,2H2,1H3;4H,1-3H2. The van der Waals surface area contributed by atoms with Crippen LogP contribution in [-0.4, -0.2) is 20.4 Å². The minimum absolute atomic E-state index is 0.448. The summed E-state index contributed by atoms with van der Waals surface area (Å²) in [7, 11) is 0. The average Bonchev–Trinajstić information content (AvgIpc) is 2.95. The van der Waals surface area contributed by atoms with Gasteiger partial charge in [0.2, 0.25) is 0 Å². The smallest absolute Gasteiger partial charge is 0.270 e. The molecule has 1 aromatic rings. The summed E-state index contributed by atoms with van der Waals surface area (Å²) >= 11 is 8.60. The summed E-state index contributed by atoms with van der Waals surface area (Å²) in [5, 5.41) is 4.64. The molecule has 1 heterocycles. The summed E-state index contributed by atoms with van der Waals surface area (Å²) in [5.41, 5.74) is 0.448. The Morgan fingerprint density at radius 3 is 2.67 bits per heavy atom. The van der Waals surface area contributed by atoms with E-state index in [0.29, 0.717) is 12.2 Å². The maximum absolute atomic E-state index is 10.6. The summed E-state index contributed by atoms with van der Waals surface area (Å²) in [6.07, 6.45) is 4.48. The van der Waals surface area contributed by atoms with Crippen LogP contribution in [-0.2, 0) is 6.54 Å². The minimum atomic E-state index is -0.459. The van der Waals surface area contributed by atoms with Crippen LogP contribution in [0.15, 0.2) is 12.3 Å². The van der Waals surface area contributed by atoms with Crippen molar-refractivity contribution in [3.05, 3.63) is 18.0 Å². The first-order chi connectivity index (χ1) is 7.19. The molecular formula is C10H14BrClN2O. The Labute approximate surface area is 103 Å². The van der Waals surface area contributed by atoms with Gasteiger partial charge in [0.1, 0.15) is 5.69 Å². The molecule has 2 rings (SSSR count). The van der Waals surface area contributed by atoms with Crippen LogP contribution >= 0.6 is 27.5 Å². The van der Waals surface area contributed by atoms with Crippen LogP contribution in [0.25, 0.3) is 0 Å². The molecule has 1 aliphatic rings. The van der Waals surface area contributed by atoms with E-state index in [1.165, 1.54) is 18.2 Å². The third kappa shape index (κ3) is 4.34. The number of aromatic nitrogens is 2. The predicted octanol–water partition coefficient (Wildman–Crippen LogP) is 3.07. The van der Waals surface area contributed by atoms with Gasteiger partial charge in [-0.3, -0.25) is 9.48 Å². The molecule has 0 radical (unpaired) electrons. The lowest BCUT2D eigenvalue weighted by Gasteiger charge is -1.96. The van der Waals surface area contributed by atoms with Crippen LogP contribution in [0, 0.1) is 5.92 Å². The summed E-state index contributed by atoms with van der Waals surface area (Å²) in [6, 6.07) is 1.60. The van der Waals surface area contributed by atoms with Crippen LogP contribution in [0.3, 0.4) is 0 Å². The molecule has 0 aromatic carbocycles. The van der Waals surface area contributed by atoms with Crippen molar-refractivity contribution in [3.63, 3.8) is 0 Å². The van der Waals surface area contributed by atoms with Crippen molar-refractivity contribution in [2.75, 3.05) is 5.33 Å². The molecule has 0 saturated heterocycles. The van der Waals surface area contributed by atoms with E-state index in [4.69, 9.17) is 11.6 Å². The van der Waals surface area contributed by atoms with Crippen LogP contribution in [0.1, 0.15) is 30.3 Å². The molecule has 15 heavy (non-hydrogen) atoms. The summed E-state index contributed by atoms with van der Waals surface area (Å²) in [5.74, 6) is 1.05. The molecule has 0 atom stereocenters. The van der Waals surface area contributed by atoms with Gasteiger partial charge in [-0.2, -0.15) is 5.10 Å². The summed E-state index contributed by atoms with van der Waals surface area (Å²) in [4.78, 5) is 10.6. The SMILES string of the molecule is BrCC1CC1.CCn1nccc1C(=O)Cl. The number of carbonyl (C=O) groups excluding carboxylic acids is 1. The quantitative estimate of drug-likeness (QED) is 0.634. The third-order valence-corrected chi connectivity index (χ3v) is 3.24. The van der Waals surface area contributed by atoms with Gasteiger partial charge in [0.15, 0.2) is 0 Å². The number of hydrogen-bond donors (Lipinski definition) is 0. The van der Waals surface area contributed by atoms with E-state index < -0.39 is 5.24 Å². The molecule has 1 aromatic heterocycles. The highest BCUT2D eigenvalue weighted by atomic mass is 79.9. The Balaban J connectivity index is 0.000000187. The molecule has 0 spiro atoms. The van der Waals surface area contributed by atoms with Gasteiger partial charge in [-0.1, -0.05) is 15.9 Å². The topological polar surface area (TPSA) is 34.9 Å². The molecule has 1 aliphatic carbocycles. The van der Waals surface area contributed by atoms with E-state index >= 15 is 0 Å². The molecule has 0 unspecified atom stereocenters. The second-order valence-electron chi connectivity index (χ2n) is 3.40. The molecule has 5 heteroatoms. The van der Waals surface area contributed by atoms with Crippen molar-refractivity contribution in [2.24, 2.45) is 5.92 Å². The highest BCUT2D eigenvalue weighted by Gasteiger charge is 2.18. The number of carbonyl (C=O) groups is 1. The number of rotatable bonds is 3. The lowest BCUT2D eigenvalue weighted by Crippen LogP contribution is -2.04. The molecule has 1 fully saturated rings. The van der Waals surface area contributed by atoms with Gasteiger partial charge < -0.3 is 0 Å². The van der Waals surface area contributed by atoms with Gasteiger partial charge >= 0.3 is 0 Å². The fraction of sp³-hybridized carbons (Fsp3) is 0.600. The van der Waals surface area contributed by atoms with Gasteiger partial charge in [-0.15, -0.1) is 0 Å². The van der Waals surface area contributed by atoms with E-state index in [0.717, 1.165) is 5.92 Å². The van der Waals surface area contributed by atoms with Gasteiger partial charge in [0.25, 0.3) is 5.24 Å². The van der Waals surface area contributed by atoms with Gasteiger partial charge in [-0.25, -0.2) is 0 Å². The van der Waals surface area contributed by atoms with Crippen LogP contribution in [0.5, 0.6) is 0 Å². The Morgan fingerprint density at radius 2 is 2.40 bits per heavy atom. The zero-order valence-corrected chi connectivity index (χ0v) is 11.0. The largest absolute Gasteiger partial charge is 0.274 e. The van der Waals surface area contributed by atoms with Crippen LogP contribution in [0.4, 0.5) is 0 Å². The zero-order chi connectivity index (χ0) is 11.3. The van der Waals surface area contributed by atoms with E-state index in [2.05, 4.69) is 21.0 Å². The van der Waals surface area contributed by atoms with Crippen molar-refractivity contribution < 1.29 is 4.79 Å². The van der Waals surface area contributed by atoms with Crippen LogP contribution in [0.2, 0.25) is 0 Å². The number of aryl methyl sites for hydroxylation is 1. The second-order valence-corrected chi connectivity index (χ2v) is 4.39. The Hall–Kier alpha value is -0.350. The van der Waals surface area contributed by atoms with Gasteiger partial charge in [0, 0.05) is 18.1 Å². The lowest BCUT2D eigenvalue weighted by atomic mass is 10.5. The monoisotopic (exact) mass is 292 g/mol. The molecule has 0 bridgehead atoms. The first-order valence-electron chi connectivity index (χ1n) is 4.96. The number of alkyl halides is 1. The fourth-order valence-corrected chi connectivity index (χ4v) is 1.83. The van der Waals surface area contributed by atoms with E-state index in [-0.39, 0.29) is 0 Å².